The highest BCUT2D eigenvalue weighted by Crippen LogP contribution is 2.30. The van der Waals surface area contributed by atoms with Crippen molar-refractivity contribution in [3.63, 3.8) is 0 Å². The molecule has 3 aromatic rings. The lowest BCUT2D eigenvalue weighted by atomic mass is 10.1. The molecule has 0 aliphatic heterocycles. The molecule has 0 aliphatic carbocycles. The van der Waals surface area contributed by atoms with E-state index in [1.807, 2.05) is 0 Å². The number of nitrogens with zero attached hydrogens (tertiary/aromatic N) is 3. The van der Waals surface area contributed by atoms with E-state index in [2.05, 4.69) is 20.5 Å². The Hall–Kier alpha value is -3.22. The highest BCUT2D eigenvalue weighted by molar-refractivity contribution is 6.05. The third kappa shape index (κ3) is 3.18. The summed E-state index contributed by atoms with van der Waals surface area (Å²) in [6.45, 7) is 1.71. The molecule has 0 bridgehead atoms. The van der Waals surface area contributed by atoms with Crippen molar-refractivity contribution in [2.45, 2.75) is 6.92 Å². The molecule has 0 fully saturated rings. The number of hydrogen-bond acceptors (Lipinski definition) is 6. The first kappa shape index (κ1) is 14.7. The summed E-state index contributed by atoms with van der Waals surface area (Å²) in [6.07, 6.45) is 3.12. The lowest BCUT2D eigenvalue weighted by molar-refractivity contribution is 0.102. The average molecular weight is 310 g/mol. The van der Waals surface area contributed by atoms with Crippen LogP contribution >= 0.6 is 0 Å². The Morgan fingerprint density at radius 3 is 2.61 bits per heavy atom. The fourth-order valence-corrected chi connectivity index (χ4v) is 2.05. The maximum absolute atomic E-state index is 12.3. The highest BCUT2D eigenvalue weighted by Gasteiger charge is 2.13. The van der Waals surface area contributed by atoms with Gasteiger partial charge in [-0.25, -0.2) is 0 Å². The van der Waals surface area contributed by atoms with Gasteiger partial charge in [-0.2, -0.15) is 0 Å². The second kappa shape index (κ2) is 6.27. The summed E-state index contributed by atoms with van der Waals surface area (Å²) < 4.78 is 10.7. The quantitative estimate of drug-likeness (QED) is 0.797. The molecule has 2 aromatic heterocycles. The number of benzene rings is 1. The predicted octanol–water partition coefficient (Wildman–Crippen LogP) is 2.70. The Kier molecular flexibility index (Phi) is 4.01. The first-order valence-corrected chi connectivity index (χ1v) is 6.87. The molecule has 0 saturated heterocycles. The van der Waals surface area contributed by atoms with Gasteiger partial charge in [0.2, 0.25) is 11.8 Å². The van der Waals surface area contributed by atoms with Crippen LogP contribution in [0, 0.1) is 6.92 Å². The topological polar surface area (TPSA) is 90.1 Å². The number of methoxy groups -OCH3 is 1. The number of aryl methyl sites for hydroxylation is 1. The zero-order chi connectivity index (χ0) is 16.2. The molecule has 0 radical (unpaired) electrons. The van der Waals surface area contributed by atoms with Gasteiger partial charge in [0.25, 0.3) is 5.91 Å². The van der Waals surface area contributed by atoms with Crippen molar-refractivity contribution in [3.05, 3.63) is 54.2 Å². The molecule has 1 N–H and O–H groups in total. The van der Waals surface area contributed by atoms with Crippen LogP contribution in [0.2, 0.25) is 0 Å². The third-order valence-electron chi connectivity index (χ3n) is 3.16. The van der Waals surface area contributed by atoms with Crippen LogP contribution in [0.4, 0.5) is 5.69 Å². The minimum Gasteiger partial charge on any atom is -0.495 e. The lowest BCUT2D eigenvalue weighted by Gasteiger charge is -2.11. The summed E-state index contributed by atoms with van der Waals surface area (Å²) in [5.74, 6) is 1.12. The molecular weight excluding hydrogens is 296 g/mol. The van der Waals surface area contributed by atoms with Gasteiger partial charge in [-0.1, -0.05) is 0 Å². The van der Waals surface area contributed by atoms with Crippen LogP contribution in [0.25, 0.3) is 11.5 Å². The van der Waals surface area contributed by atoms with Crippen molar-refractivity contribution in [2.75, 3.05) is 12.4 Å². The third-order valence-corrected chi connectivity index (χ3v) is 3.16. The first-order valence-electron chi connectivity index (χ1n) is 6.87. The smallest absolute Gasteiger partial charge is 0.255 e. The van der Waals surface area contributed by atoms with E-state index in [1.54, 1.807) is 49.6 Å². The van der Waals surface area contributed by atoms with E-state index in [1.165, 1.54) is 7.11 Å². The minimum atomic E-state index is -0.260. The highest BCUT2D eigenvalue weighted by atomic mass is 16.5. The number of ether oxygens (including phenoxy) is 1. The summed E-state index contributed by atoms with van der Waals surface area (Å²) in [5, 5.41) is 10.6. The van der Waals surface area contributed by atoms with Crippen LogP contribution in [0.3, 0.4) is 0 Å². The van der Waals surface area contributed by atoms with Crippen LogP contribution in [-0.4, -0.2) is 28.2 Å². The number of pyridine rings is 1. The lowest BCUT2D eigenvalue weighted by Crippen LogP contribution is -2.12. The fourth-order valence-electron chi connectivity index (χ4n) is 2.05. The summed E-state index contributed by atoms with van der Waals surface area (Å²) >= 11 is 0. The Bertz CT molecular complexity index is 830. The van der Waals surface area contributed by atoms with Crippen molar-refractivity contribution < 1.29 is 13.9 Å². The van der Waals surface area contributed by atoms with Gasteiger partial charge in [-0.05, 0) is 30.3 Å². The molecule has 1 aromatic carbocycles. The molecule has 0 spiro atoms. The number of anilines is 1. The molecule has 7 nitrogen and oxygen atoms in total. The van der Waals surface area contributed by atoms with Gasteiger partial charge < -0.3 is 14.5 Å². The SMILES string of the molecule is COc1ccc(-c2nnc(C)o2)cc1NC(=O)c1ccncc1. The van der Waals surface area contributed by atoms with Crippen molar-refractivity contribution in [1.82, 2.24) is 15.2 Å². The number of aromatic nitrogens is 3. The van der Waals surface area contributed by atoms with E-state index in [-0.39, 0.29) is 5.91 Å². The van der Waals surface area contributed by atoms with Gasteiger partial charge in [-0.15, -0.1) is 10.2 Å². The second-order valence-electron chi connectivity index (χ2n) is 4.73. The zero-order valence-electron chi connectivity index (χ0n) is 12.6. The molecule has 7 heteroatoms. The summed E-state index contributed by atoms with van der Waals surface area (Å²) in [6, 6.07) is 8.51. The van der Waals surface area contributed by atoms with Crippen molar-refractivity contribution in [2.24, 2.45) is 0 Å². The van der Waals surface area contributed by atoms with E-state index in [0.29, 0.717) is 34.3 Å². The number of carbonyl (C=O) groups is 1. The molecule has 23 heavy (non-hydrogen) atoms. The molecular formula is C16H14N4O3. The summed E-state index contributed by atoms with van der Waals surface area (Å²) in [5.41, 5.74) is 1.71. The van der Waals surface area contributed by atoms with E-state index in [9.17, 15) is 4.79 Å². The maximum Gasteiger partial charge on any atom is 0.255 e. The normalized spacial score (nSPS) is 10.3. The Morgan fingerprint density at radius 1 is 1.17 bits per heavy atom. The molecule has 0 unspecified atom stereocenters. The monoisotopic (exact) mass is 310 g/mol. The van der Waals surface area contributed by atoms with Crippen LogP contribution in [0.1, 0.15) is 16.2 Å². The maximum atomic E-state index is 12.3. The number of amides is 1. The zero-order valence-corrected chi connectivity index (χ0v) is 12.6. The van der Waals surface area contributed by atoms with Crippen molar-refractivity contribution in [3.8, 4) is 17.2 Å². The summed E-state index contributed by atoms with van der Waals surface area (Å²) in [7, 11) is 1.54. The molecule has 0 aliphatic rings. The van der Waals surface area contributed by atoms with Gasteiger partial charge in [0.1, 0.15) is 5.75 Å². The van der Waals surface area contributed by atoms with Gasteiger partial charge in [0.15, 0.2) is 0 Å². The largest absolute Gasteiger partial charge is 0.495 e. The van der Waals surface area contributed by atoms with Crippen LogP contribution < -0.4 is 10.1 Å². The Labute approximate surface area is 132 Å². The van der Waals surface area contributed by atoms with Crippen LogP contribution in [-0.2, 0) is 0 Å². The van der Waals surface area contributed by atoms with E-state index >= 15 is 0 Å². The van der Waals surface area contributed by atoms with E-state index in [0.717, 1.165) is 0 Å². The number of carbonyl (C=O) groups excluding carboxylic acids is 1. The van der Waals surface area contributed by atoms with Gasteiger partial charge in [0, 0.05) is 30.4 Å². The predicted molar refractivity (Wildman–Crippen MR) is 83.2 cm³/mol. The standard InChI is InChI=1S/C16H14N4O3/c1-10-19-20-16(23-10)12-3-4-14(22-2)13(9-12)18-15(21)11-5-7-17-8-6-11/h3-9H,1-2H3,(H,18,21). The van der Waals surface area contributed by atoms with Gasteiger partial charge in [-0.3, -0.25) is 9.78 Å². The Balaban J connectivity index is 1.92. The minimum absolute atomic E-state index is 0.260. The van der Waals surface area contributed by atoms with Gasteiger partial charge >= 0.3 is 0 Å². The van der Waals surface area contributed by atoms with Crippen LogP contribution in [0.15, 0.2) is 47.1 Å². The average Bonchev–Trinajstić information content (AvgIpc) is 3.02. The molecule has 3 rings (SSSR count). The molecule has 116 valence electrons. The number of hydrogen-bond donors (Lipinski definition) is 1. The van der Waals surface area contributed by atoms with E-state index in [4.69, 9.17) is 9.15 Å². The number of rotatable bonds is 4. The van der Waals surface area contributed by atoms with Crippen LogP contribution in [0.5, 0.6) is 5.75 Å². The first-order chi connectivity index (χ1) is 11.2. The second-order valence-corrected chi connectivity index (χ2v) is 4.73. The van der Waals surface area contributed by atoms with E-state index < -0.39 is 0 Å². The van der Waals surface area contributed by atoms with Crippen molar-refractivity contribution >= 4 is 11.6 Å². The molecule has 0 atom stereocenters. The molecule has 1 amide bonds. The number of nitrogens with one attached hydrogen (secondary N) is 1. The van der Waals surface area contributed by atoms with Crippen molar-refractivity contribution in [1.29, 1.82) is 0 Å². The summed E-state index contributed by atoms with van der Waals surface area (Å²) in [4.78, 5) is 16.2. The Morgan fingerprint density at radius 2 is 1.96 bits per heavy atom. The molecule has 2 heterocycles. The van der Waals surface area contributed by atoms with Gasteiger partial charge in [0.05, 0.1) is 12.8 Å². The fraction of sp³-hybridized carbons (Fsp3) is 0.125. The molecule has 0 saturated carbocycles.